The van der Waals surface area contributed by atoms with Crippen LogP contribution >= 0.6 is 11.6 Å². The van der Waals surface area contributed by atoms with Gasteiger partial charge in [-0.1, -0.05) is 24.1 Å². The van der Waals surface area contributed by atoms with Gasteiger partial charge in [-0.15, -0.1) is 0 Å². The minimum atomic E-state index is 0.439. The fourth-order valence-corrected chi connectivity index (χ4v) is 3.40. The van der Waals surface area contributed by atoms with Crippen LogP contribution in [0.1, 0.15) is 43.2 Å². The van der Waals surface area contributed by atoms with Crippen molar-refractivity contribution in [3.05, 3.63) is 52.8 Å². The zero-order valence-corrected chi connectivity index (χ0v) is 15.5. The van der Waals surface area contributed by atoms with E-state index in [1.54, 1.807) is 19.4 Å². The smallest absolute Gasteiger partial charge is 0.161 e. The van der Waals surface area contributed by atoms with Gasteiger partial charge in [0.25, 0.3) is 0 Å². The van der Waals surface area contributed by atoms with Gasteiger partial charge in [0.1, 0.15) is 18.3 Å². The first-order valence-corrected chi connectivity index (χ1v) is 9.36. The molecule has 1 fully saturated rings. The molecule has 1 heterocycles. The molecule has 0 saturated heterocycles. The van der Waals surface area contributed by atoms with Gasteiger partial charge in [0.15, 0.2) is 11.5 Å². The molecule has 0 spiro atoms. The summed E-state index contributed by atoms with van der Waals surface area (Å²) >= 11 is 5.80. The number of pyridine rings is 1. The fraction of sp³-hybridized carbons (Fsp3) is 0.450. The van der Waals surface area contributed by atoms with Crippen molar-refractivity contribution in [2.75, 3.05) is 7.11 Å². The van der Waals surface area contributed by atoms with Gasteiger partial charge in [-0.05, 0) is 49.9 Å². The normalized spacial score (nSPS) is 15.1. The lowest BCUT2D eigenvalue weighted by Gasteiger charge is -2.20. The molecule has 25 heavy (non-hydrogen) atoms. The summed E-state index contributed by atoms with van der Waals surface area (Å²) < 4.78 is 11.4. The summed E-state index contributed by atoms with van der Waals surface area (Å²) in [5.74, 6) is 1.52. The predicted molar refractivity (Wildman–Crippen MR) is 99.1 cm³/mol. The summed E-state index contributed by atoms with van der Waals surface area (Å²) in [5.41, 5.74) is 2.24. The molecule has 1 aliphatic carbocycles. The average molecular weight is 362 g/mol. The maximum Gasteiger partial charge on any atom is 0.161 e. The molecule has 0 radical (unpaired) electrons. The van der Waals surface area contributed by atoms with Crippen molar-refractivity contribution in [3.63, 3.8) is 0 Å². The molecule has 4 nitrogen and oxygen atoms in total. The number of hydrogen-bond donors (Lipinski definition) is 1. The number of methoxy groups -OCH3 is 1. The lowest BCUT2D eigenvalue weighted by atomic mass is 9.95. The van der Waals surface area contributed by atoms with E-state index in [4.69, 9.17) is 21.1 Å². The quantitative estimate of drug-likeness (QED) is 0.764. The van der Waals surface area contributed by atoms with Crippen LogP contribution in [0.25, 0.3) is 0 Å². The summed E-state index contributed by atoms with van der Waals surface area (Å²) in [6.07, 6.45) is 8.55. The third kappa shape index (κ3) is 5.35. The van der Waals surface area contributed by atoms with Gasteiger partial charge in [0, 0.05) is 17.3 Å². The number of quaternary nitrogens is 1. The van der Waals surface area contributed by atoms with E-state index in [1.807, 2.05) is 12.1 Å². The maximum atomic E-state index is 5.89. The van der Waals surface area contributed by atoms with E-state index in [9.17, 15) is 0 Å². The highest BCUT2D eigenvalue weighted by molar-refractivity contribution is 6.29. The lowest BCUT2D eigenvalue weighted by molar-refractivity contribution is -0.706. The molecule has 1 aliphatic rings. The molecule has 0 unspecified atom stereocenters. The Bertz CT molecular complexity index is 670. The molecular weight excluding hydrogens is 336 g/mol. The molecular formula is C20H26ClN2O2+. The molecule has 134 valence electrons. The predicted octanol–water partition coefficient (Wildman–Crippen LogP) is 3.72. The van der Waals surface area contributed by atoms with Gasteiger partial charge in [-0.2, -0.15) is 0 Å². The van der Waals surface area contributed by atoms with E-state index >= 15 is 0 Å². The Morgan fingerprint density at radius 3 is 2.60 bits per heavy atom. The number of nitrogens with two attached hydrogens (primary N) is 1. The first-order valence-electron chi connectivity index (χ1n) is 8.98. The molecule has 0 atom stereocenters. The van der Waals surface area contributed by atoms with Gasteiger partial charge in [0.2, 0.25) is 0 Å². The highest BCUT2D eigenvalue weighted by Gasteiger charge is 2.16. The minimum Gasteiger partial charge on any atom is -0.493 e. The Morgan fingerprint density at radius 1 is 1.08 bits per heavy atom. The summed E-state index contributed by atoms with van der Waals surface area (Å²) in [6.45, 7) is 1.43. The summed E-state index contributed by atoms with van der Waals surface area (Å²) in [4.78, 5) is 4.07. The van der Waals surface area contributed by atoms with E-state index in [2.05, 4.69) is 22.4 Å². The van der Waals surface area contributed by atoms with E-state index in [0.717, 1.165) is 29.6 Å². The Kier molecular flexibility index (Phi) is 6.54. The second-order valence-corrected chi connectivity index (χ2v) is 6.99. The van der Waals surface area contributed by atoms with Crippen molar-refractivity contribution in [3.8, 4) is 11.5 Å². The number of benzene rings is 1. The third-order valence-corrected chi connectivity index (χ3v) is 4.97. The van der Waals surface area contributed by atoms with Crippen LogP contribution in [0.2, 0.25) is 5.15 Å². The van der Waals surface area contributed by atoms with Crippen LogP contribution in [-0.2, 0) is 13.2 Å². The first-order chi connectivity index (χ1) is 12.2. The van der Waals surface area contributed by atoms with E-state index in [1.165, 1.54) is 37.7 Å². The van der Waals surface area contributed by atoms with E-state index in [-0.39, 0.29) is 0 Å². The van der Waals surface area contributed by atoms with Crippen molar-refractivity contribution in [2.45, 2.75) is 51.3 Å². The highest BCUT2D eigenvalue weighted by atomic mass is 35.5. The van der Waals surface area contributed by atoms with Crippen LogP contribution in [0, 0.1) is 0 Å². The maximum absolute atomic E-state index is 5.89. The van der Waals surface area contributed by atoms with Crippen LogP contribution in [0.15, 0.2) is 36.5 Å². The molecule has 0 bridgehead atoms. The molecule has 1 aromatic heterocycles. The van der Waals surface area contributed by atoms with Gasteiger partial charge in [0.05, 0.1) is 13.2 Å². The number of aromatic nitrogens is 1. The van der Waals surface area contributed by atoms with Crippen molar-refractivity contribution < 1.29 is 14.8 Å². The Morgan fingerprint density at radius 2 is 1.88 bits per heavy atom. The van der Waals surface area contributed by atoms with Gasteiger partial charge >= 0.3 is 0 Å². The van der Waals surface area contributed by atoms with Crippen molar-refractivity contribution in [2.24, 2.45) is 0 Å². The largest absolute Gasteiger partial charge is 0.493 e. The molecule has 2 N–H and O–H groups in total. The highest BCUT2D eigenvalue weighted by Crippen LogP contribution is 2.28. The Hall–Kier alpha value is -1.78. The first kappa shape index (κ1) is 18.0. The number of ether oxygens (including phenoxy) is 2. The fourth-order valence-electron chi connectivity index (χ4n) is 3.28. The lowest BCUT2D eigenvalue weighted by Crippen LogP contribution is -2.88. The molecule has 5 heteroatoms. The molecule has 0 aliphatic heterocycles. The SMILES string of the molecule is COc1cc(C[NH2+]C2CCCCC2)ccc1OCc1ccc(Cl)nc1. The zero-order chi connectivity index (χ0) is 17.5. The molecule has 1 aromatic carbocycles. The van der Waals surface area contributed by atoms with Gasteiger partial charge < -0.3 is 14.8 Å². The average Bonchev–Trinajstić information content (AvgIpc) is 2.67. The van der Waals surface area contributed by atoms with Crippen molar-refractivity contribution in [1.29, 1.82) is 0 Å². The second kappa shape index (κ2) is 9.07. The second-order valence-electron chi connectivity index (χ2n) is 6.60. The zero-order valence-electron chi connectivity index (χ0n) is 14.7. The topological polar surface area (TPSA) is 48.0 Å². The number of halogens is 1. The van der Waals surface area contributed by atoms with Crippen LogP contribution < -0.4 is 14.8 Å². The summed E-state index contributed by atoms with van der Waals surface area (Å²) in [5, 5.41) is 2.95. The third-order valence-electron chi connectivity index (χ3n) is 4.75. The summed E-state index contributed by atoms with van der Waals surface area (Å²) in [7, 11) is 1.68. The monoisotopic (exact) mass is 361 g/mol. The standard InChI is InChI=1S/C20H25ClN2O2/c1-24-19-11-15(12-22-17-5-3-2-4-6-17)7-9-18(19)25-14-16-8-10-20(21)23-13-16/h7-11,13,17,22H,2-6,12,14H2,1H3/p+1. The van der Waals surface area contributed by atoms with Gasteiger partial charge in [-0.25, -0.2) is 4.98 Å². The van der Waals surface area contributed by atoms with E-state index in [0.29, 0.717) is 11.8 Å². The molecule has 3 rings (SSSR count). The van der Waals surface area contributed by atoms with E-state index < -0.39 is 0 Å². The number of hydrogen-bond acceptors (Lipinski definition) is 3. The van der Waals surface area contributed by atoms with Crippen LogP contribution in [0.3, 0.4) is 0 Å². The molecule has 0 amide bonds. The van der Waals surface area contributed by atoms with Crippen molar-refractivity contribution in [1.82, 2.24) is 4.98 Å². The number of nitrogens with zero attached hydrogens (tertiary/aromatic N) is 1. The molecule has 2 aromatic rings. The molecule has 1 saturated carbocycles. The van der Waals surface area contributed by atoms with Crippen molar-refractivity contribution >= 4 is 11.6 Å². The Labute approximate surface area is 154 Å². The van der Waals surface area contributed by atoms with Crippen LogP contribution in [0.4, 0.5) is 0 Å². The Balaban J connectivity index is 1.57. The summed E-state index contributed by atoms with van der Waals surface area (Å²) in [6, 6.07) is 10.6. The van der Waals surface area contributed by atoms with Gasteiger partial charge in [-0.3, -0.25) is 0 Å². The minimum absolute atomic E-state index is 0.439. The van der Waals surface area contributed by atoms with Crippen LogP contribution in [-0.4, -0.2) is 18.1 Å². The number of rotatable bonds is 7. The van der Waals surface area contributed by atoms with Crippen LogP contribution in [0.5, 0.6) is 11.5 Å².